The van der Waals surface area contributed by atoms with Crippen LogP contribution in [0.25, 0.3) is 0 Å². The second-order valence-corrected chi connectivity index (χ2v) is 2.17. The maximum Gasteiger partial charge on any atom is 0.000312 e. The summed E-state index contributed by atoms with van der Waals surface area (Å²) in [4.78, 5) is 1.05. The van der Waals surface area contributed by atoms with Gasteiger partial charge in [0.05, 0.1) is 0 Å². The van der Waals surface area contributed by atoms with Crippen molar-refractivity contribution in [3.05, 3.63) is 35.3 Å². The predicted octanol–water partition coefficient (Wildman–Crippen LogP) is 1.89. The van der Waals surface area contributed by atoms with Crippen molar-refractivity contribution in [1.29, 1.82) is 0 Å². The first-order valence-electron chi connectivity index (χ1n) is 3.19. The van der Waals surface area contributed by atoms with Gasteiger partial charge in [0.25, 0.3) is 0 Å². The standard InChI is InChI=1S/C7H8S.CH5N/c8-7-5-3-1-2-4-6-7;1-2/h1-3,5-6,8H,4H2;2H2,1H3. The molecule has 1 nitrogen and oxygen atoms in total. The Labute approximate surface area is 67.7 Å². The van der Waals surface area contributed by atoms with Crippen LogP contribution in [0, 0.1) is 0 Å². The Kier molecular flexibility index (Phi) is 6.33. The lowest BCUT2D eigenvalue weighted by atomic mass is 10.4. The van der Waals surface area contributed by atoms with Crippen LogP contribution in [0.3, 0.4) is 0 Å². The molecule has 0 fully saturated rings. The summed E-state index contributed by atoms with van der Waals surface area (Å²) in [7, 11) is 1.50. The van der Waals surface area contributed by atoms with Gasteiger partial charge >= 0.3 is 0 Å². The van der Waals surface area contributed by atoms with Gasteiger partial charge in [-0.15, -0.1) is 12.6 Å². The zero-order chi connectivity index (χ0) is 7.82. The molecule has 0 heterocycles. The maximum atomic E-state index is 4.50. The lowest BCUT2D eigenvalue weighted by Crippen LogP contribution is -1.69. The molecule has 0 spiro atoms. The maximum absolute atomic E-state index is 4.50. The van der Waals surface area contributed by atoms with E-state index in [1.165, 1.54) is 7.05 Å². The third kappa shape index (κ3) is 4.41. The van der Waals surface area contributed by atoms with Crippen LogP contribution in [0.2, 0.25) is 0 Å². The summed E-state index contributed by atoms with van der Waals surface area (Å²) >= 11 is 4.16. The van der Waals surface area contributed by atoms with Crippen LogP contribution in [0.4, 0.5) is 0 Å². The van der Waals surface area contributed by atoms with Crippen molar-refractivity contribution in [2.75, 3.05) is 7.05 Å². The molecule has 10 heavy (non-hydrogen) atoms. The van der Waals surface area contributed by atoms with Crippen LogP contribution in [0.15, 0.2) is 35.3 Å². The highest BCUT2D eigenvalue weighted by atomic mass is 32.1. The Morgan fingerprint density at radius 1 is 1.40 bits per heavy atom. The third-order valence-electron chi connectivity index (χ3n) is 0.977. The number of nitrogens with two attached hydrogens (primary N) is 1. The molecule has 0 bridgehead atoms. The van der Waals surface area contributed by atoms with Gasteiger partial charge in [0.15, 0.2) is 0 Å². The Bertz CT molecular complexity index is 154. The van der Waals surface area contributed by atoms with E-state index in [1.54, 1.807) is 0 Å². The molecule has 0 aromatic heterocycles. The van der Waals surface area contributed by atoms with Crippen molar-refractivity contribution < 1.29 is 0 Å². The molecule has 2 heteroatoms. The molecule has 1 rings (SSSR count). The average molecular weight is 155 g/mol. The first-order valence-corrected chi connectivity index (χ1v) is 3.64. The van der Waals surface area contributed by atoms with Crippen LogP contribution >= 0.6 is 12.6 Å². The first kappa shape index (κ1) is 9.53. The summed E-state index contributed by atoms with van der Waals surface area (Å²) in [6.45, 7) is 0. The fourth-order valence-corrected chi connectivity index (χ4v) is 0.760. The highest BCUT2D eigenvalue weighted by Crippen LogP contribution is 2.07. The van der Waals surface area contributed by atoms with Gasteiger partial charge in [0.1, 0.15) is 0 Å². The highest BCUT2D eigenvalue weighted by Gasteiger charge is 1.82. The minimum Gasteiger partial charge on any atom is -0.333 e. The molecule has 0 saturated carbocycles. The van der Waals surface area contributed by atoms with Crippen molar-refractivity contribution in [3.63, 3.8) is 0 Å². The molecule has 0 amide bonds. The van der Waals surface area contributed by atoms with Crippen LogP contribution < -0.4 is 5.73 Å². The first-order chi connectivity index (χ1) is 4.89. The van der Waals surface area contributed by atoms with E-state index in [9.17, 15) is 0 Å². The molecule has 0 atom stereocenters. The number of hydrogen-bond acceptors (Lipinski definition) is 2. The van der Waals surface area contributed by atoms with Crippen LogP contribution in [0.1, 0.15) is 6.42 Å². The molecule has 1 aliphatic rings. The molecule has 2 N–H and O–H groups in total. The van der Waals surface area contributed by atoms with Gasteiger partial charge in [-0.25, -0.2) is 0 Å². The Balaban J connectivity index is 0.000000371. The van der Waals surface area contributed by atoms with Crippen LogP contribution in [-0.4, -0.2) is 7.05 Å². The minimum atomic E-state index is 1.01. The number of allylic oxidation sites excluding steroid dienone is 5. The lowest BCUT2D eigenvalue weighted by molar-refractivity contribution is 1.40. The highest BCUT2D eigenvalue weighted by molar-refractivity contribution is 7.84. The van der Waals surface area contributed by atoms with E-state index in [1.807, 2.05) is 18.2 Å². The van der Waals surface area contributed by atoms with E-state index in [2.05, 4.69) is 30.5 Å². The molecular weight excluding hydrogens is 142 g/mol. The van der Waals surface area contributed by atoms with E-state index >= 15 is 0 Å². The minimum absolute atomic E-state index is 1.01. The fourth-order valence-electron chi connectivity index (χ4n) is 0.568. The second kappa shape index (κ2) is 6.65. The van der Waals surface area contributed by atoms with Gasteiger partial charge in [0, 0.05) is 4.91 Å². The predicted molar refractivity (Wildman–Crippen MR) is 50.1 cm³/mol. The third-order valence-corrected chi connectivity index (χ3v) is 1.31. The van der Waals surface area contributed by atoms with Crippen molar-refractivity contribution in [1.82, 2.24) is 0 Å². The Morgan fingerprint density at radius 3 is 2.80 bits per heavy atom. The van der Waals surface area contributed by atoms with Gasteiger partial charge in [-0.1, -0.05) is 24.3 Å². The lowest BCUT2D eigenvalue weighted by Gasteiger charge is -1.81. The van der Waals surface area contributed by atoms with Crippen molar-refractivity contribution in [3.8, 4) is 0 Å². The zero-order valence-corrected chi connectivity index (χ0v) is 7.01. The second-order valence-electron chi connectivity index (χ2n) is 1.65. The molecule has 0 aromatic rings. The summed E-state index contributed by atoms with van der Waals surface area (Å²) in [5.41, 5.74) is 4.50. The molecule has 0 aliphatic heterocycles. The van der Waals surface area contributed by atoms with Crippen LogP contribution in [-0.2, 0) is 0 Å². The molecule has 0 radical (unpaired) electrons. The van der Waals surface area contributed by atoms with Crippen molar-refractivity contribution in [2.24, 2.45) is 5.73 Å². The van der Waals surface area contributed by atoms with Gasteiger partial charge in [-0.05, 0) is 19.5 Å². The summed E-state index contributed by atoms with van der Waals surface area (Å²) in [5, 5.41) is 0. The number of hydrogen-bond donors (Lipinski definition) is 2. The Morgan fingerprint density at radius 2 is 2.10 bits per heavy atom. The van der Waals surface area contributed by atoms with E-state index in [0.717, 1.165) is 11.3 Å². The zero-order valence-electron chi connectivity index (χ0n) is 6.12. The smallest absolute Gasteiger partial charge is 0.000312 e. The molecule has 0 unspecified atom stereocenters. The topological polar surface area (TPSA) is 26.0 Å². The van der Waals surface area contributed by atoms with E-state index in [-0.39, 0.29) is 0 Å². The SMILES string of the molecule is CN.SC1=CCC=CC=C1. The van der Waals surface area contributed by atoms with E-state index in [4.69, 9.17) is 0 Å². The van der Waals surface area contributed by atoms with Gasteiger partial charge in [-0.3, -0.25) is 0 Å². The molecule has 0 aromatic carbocycles. The Hall–Kier alpha value is -0.470. The van der Waals surface area contributed by atoms with Gasteiger partial charge < -0.3 is 5.73 Å². The summed E-state index contributed by atoms with van der Waals surface area (Å²) < 4.78 is 0. The van der Waals surface area contributed by atoms with Crippen molar-refractivity contribution >= 4 is 12.6 Å². The molecule has 1 aliphatic carbocycles. The summed E-state index contributed by atoms with van der Waals surface area (Å²) in [6.07, 6.45) is 11.2. The van der Waals surface area contributed by atoms with Crippen molar-refractivity contribution in [2.45, 2.75) is 6.42 Å². The molecular formula is C8H13NS. The fraction of sp³-hybridized carbons (Fsp3) is 0.250. The van der Waals surface area contributed by atoms with Gasteiger partial charge in [0.2, 0.25) is 0 Å². The molecule has 0 saturated heterocycles. The number of thiol groups is 1. The van der Waals surface area contributed by atoms with Crippen LogP contribution in [0.5, 0.6) is 0 Å². The quantitative estimate of drug-likeness (QED) is 0.513. The summed E-state index contributed by atoms with van der Waals surface area (Å²) in [5.74, 6) is 0. The average Bonchev–Trinajstić information content (AvgIpc) is 2.21. The van der Waals surface area contributed by atoms with E-state index in [0.29, 0.717) is 0 Å². The number of rotatable bonds is 0. The molecule has 56 valence electrons. The monoisotopic (exact) mass is 155 g/mol. The normalized spacial score (nSPS) is 14.9. The van der Waals surface area contributed by atoms with Gasteiger partial charge in [-0.2, -0.15) is 0 Å². The summed E-state index contributed by atoms with van der Waals surface area (Å²) in [6, 6.07) is 0. The van der Waals surface area contributed by atoms with E-state index < -0.39 is 0 Å². The largest absolute Gasteiger partial charge is 0.333 e.